The van der Waals surface area contributed by atoms with Crippen molar-refractivity contribution in [2.45, 2.75) is 38.1 Å². The van der Waals surface area contributed by atoms with Crippen molar-refractivity contribution in [2.75, 3.05) is 23.7 Å². The van der Waals surface area contributed by atoms with Crippen molar-refractivity contribution in [3.8, 4) is 0 Å². The summed E-state index contributed by atoms with van der Waals surface area (Å²) in [6, 6.07) is 3.67. The minimum absolute atomic E-state index is 0.0683. The lowest BCUT2D eigenvalue weighted by Crippen LogP contribution is -2.25. The van der Waals surface area contributed by atoms with Crippen LogP contribution in [0.15, 0.2) is 12.1 Å². The molecule has 7 heteroatoms. The highest BCUT2D eigenvalue weighted by atomic mass is 16.6. The number of hydrogen-bond acceptors (Lipinski definition) is 5. The largest absolute Gasteiger partial charge is 0.384 e. The number of fused-ring (bicyclic) bond motifs is 1. The summed E-state index contributed by atoms with van der Waals surface area (Å²) >= 11 is 0. The van der Waals surface area contributed by atoms with Crippen LogP contribution in [0, 0.1) is 10.1 Å². The van der Waals surface area contributed by atoms with Gasteiger partial charge in [-0.3, -0.25) is 14.9 Å². The molecule has 1 aromatic carbocycles. The van der Waals surface area contributed by atoms with Crippen LogP contribution in [0.4, 0.5) is 17.1 Å². The van der Waals surface area contributed by atoms with Gasteiger partial charge in [-0.2, -0.15) is 0 Å². The van der Waals surface area contributed by atoms with Crippen LogP contribution >= 0.6 is 0 Å². The van der Waals surface area contributed by atoms with Crippen LogP contribution in [0.25, 0.3) is 0 Å². The summed E-state index contributed by atoms with van der Waals surface area (Å²) in [5, 5.41) is 20.5. The first kappa shape index (κ1) is 14.6. The lowest BCUT2D eigenvalue weighted by molar-refractivity contribution is -0.384. The molecule has 7 nitrogen and oxygen atoms in total. The van der Waals surface area contributed by atoms with Crippen molar-refractivity contribution in [3.05, 3.63) is 27.8 Å². The Bertz CT molecular complexity index is 599. The number of nitro benzene ring substituents is 1. The van der Waals surface area contributed by atoms with Gasteiger partial charge in [-0.05, 0) is 31.7 Å². The molecule has 0 unspecified atom stereocenters. The normalized spacial score (nSPS) is 15.8. The molecule has 2 aliphatic rings. The molecule has 0 atom stereocenters. The highest BCUT2D eigenvalue weighted by molar-refractivity contribution is 5.78. The van der Waals surface area contributed by atoms with Gasteiger partial charge >= 0.3 is 0 Å². The van der Waals surface area contributed by atoms with E-state index in [2.05, 4.69) is 16.0 Å². The number of amides is 1. The Morgan fingerprint density at radius 1 is 1.41 bits per heavy atom. The monoisotopic (exact) mass is 304 g/mol. The standard InChI is InChI=1S/C15H20N4O3/c20-14(18-10-3-4-10)2-1-8-17-15-11-7-9-16-12(11)5-6-13(15)19(21)22/h5-6,10,16-17H,1-4,7-9H2,(H,18,20). The Morgan fingerprint density at radius 3 is 2.95 bits per heavy atom. The van der Waals surface area contributed by atoms with Gasteiger partial charge in [0, 0.05) is 42.9 Å². The Morgan fingerprint density at radius 2 is 2.23 bits per heavy atom. The van der Waals surface area contributed by atoms with Crippen molar-refractivity contribution in [1.82, 2.24) is 5.32 Å². The Balaban J connectivity index is 1.58. The first-order valence-corrected chi connectivity index (χ1v) is 7.72. The van der Waals surface area contributed by atoms with Crippen molar-refractivity contribution < 1.29 is 9.72 Å². The summed E-state index contributed by atoms with van der Waals surface area (Å²) in [4.78, 5) is 22.4. The smallest absolute Gasteiger partial charge is 0.292 e. The molecule has 1 fully saturated rings. The van der Waals surface area contributed by atoms with E-state index in [0.717, 1.165) is 37.1 Å². The van der Waals surface area contributed by atoms with E-state index in [0.29, 0.717) is 31.1 Å². The third-order valence-electron chi connectivity index (χ3n) is 4.00. The summed E-state index contributed by atoms with van der Waals surface area (Å²) in [5.74, 6) is 0.0683. The molecule has 1 saturated carbocycles. The number of carbonyl (C=O) groups excluding carboxylic acids is 1. The second kappa shape index (κ2) is 6.21. The molecule has 1 aliphatic heterocycles. The number of carbonyl (C=O) groups is 1. The average Bonchev–Trinajstić information content (AvgIpc) is 3.16. The SMILES string of the molecule is O=C(CCCNc1c([N+](=O)[O-])ccc2c1CCN2)NC1CC1. The molecule has 0 spiro atoms. The number of nitrogens with one attached hydrogen (secondary N) is 3. The molecule has 0 aromatic heterocycles. The van der Waals surface area contributed by atoms with Gasteiger partial charge in [0.05, 0.1) is 4.92 Å². The van der Waals surface area contributed by atoms with Crippen LogP contribution in [0.5, 0.6) is 0 Å². The summed E-state index contributed by atoms with van der Waals surface area (Å²) in [6.07, 6.45) is 4.05. The lowest BCUT2D eigenvalue weighted by atomic mass is 10.1. The first-order valence-electron chi connectivity index (χ1n) is 7.72. The topological polar surface area (TPSA) is 96.3 Å². The quantitative estimate of drug-likeness (QED) is 0.407. The van der Waals surface area contributed by atoms with Gasteiger partial charge in [-0.25, -0.2) is 0 Å². The molecule has 1 aromatic rings. The highest BCUT2D eigenvalue weighted by Gasteiger charge is 2.24. The van der Waals surface area contributed by atoms with Crippen molar-refractivity contribution >= 4 is 23.0 Å². The third-order valence-corrected chi connectivity index (χ3v) is 4.00. The summed E-state index contributed by atoms with van der Waals surface area (Å²) < 4.78 is 0. The fraction of sp³-hybridized carbons (Fsp3) is 0.533. The fourth-order valence-corrected chi connectivity index (χ4v) is 2.72. The predicted molar refractivity (Wildman–Crippen MR) is 84.2 cm³/mol. The van der Waals surface area contributed by atoms with E-state index in [-0.39, 0.29) is 16.5 Å². The number of benzene rings is 1. The van der Waals surface area contributed by atoms with E-state index < -0.39 is 0 Å². The molecule has 1 amide bonds. The zero-order valence-corrected chi connectivity index (χ0v) is 12.4. The predicted octanol–water partition coefficient (Wildman–Crippen LogP) is 2.03. The van der Waals surface area contributed by atoms with E-state index in [1.165, 1.54) is 6.07 Å². The van der Waals surface area contributed by atoms with E-state index in [1.807, 2.05) is 0 Å². The summed E-state index contributed by atoms with van der Waals surface area (Å²) in [7, 11) is 0. The van der Waals surface area contributed by atoms with Crippen molar-refractivity contribution in [2.24, 2.45) is 0 Å². The van der Waals surface area contributed by atoms with Crippen LogP contribution in [-0.4, -0.2) is 30.0 Å². The van der Waals surface area contributed by atoms with Gasteiger partial charge in [-0.1, -0.05) is 0 Å². The molecule has 118 valence electrons. The van der Waals surface area contributed by atoms with Crippen LogP contribution in [0.1, 0.15) is 31.2 Å². The van der Waals surface area contributed by atoms with E-state index in [4.69, 9.17) is 0 Å². The maximum Gasteiger partial charge on any atom is 0.292 e. The Hall–Kier alpha value is -2.31. The van der Waals surface area contributed by atoms with Gasteiger partial charge in [0.1, 0.15) is 5.69 Å². The molecular weight excluding hydrogens is 284 g/mol. The molecular formula is C15H20N4O3. The van der Waals surface area contributed by atoms with Gasteiger partial charge < -0.3 is 16.0 Å². The average molecular weight is 304 g/mol. The van der Waals surface area contributed by atoms with Crippen LogP contribution < -0.4 is 16.0 Å². The van der Waals surface area contributed by atoms with Crippen LogP contribution in [-0.2, 0) is 11.2 Å². The summed E-state index contributed by atoms with van der Waals surface area (Å²) in [5.41, 5.74) is 2.62. The molecule has 0 radical (unpaired) electrons. The maximum absolute atomic E-state index is 11.6. The second-order valence-corrected chi connectivity index (χ2v) is 5.79. The maximum atomic E-state index is 11.6. The zero-order chi connectivity index (χ0) is 15.5. The minimum Gasteiger partial charge on any atom is -0.384 e. The van der Waals surface area contributed by atoms with Gasteiger partial charge in [-0.15, -0.1) is 0 Å². The van der Waals surface area contributed by atoms with Crippen molar-refractivity contribution in [1.29, 1.82) is 0 Å². The number of nitro groups is 1. The van der Waals surface area contributed by atoms with Crippen LogP contribution in [0.2, 0.25) is 0 Å². The number of rotatable bonds is 7. The third kappa shape index (κ3) is 3.29. The Labute approximate surface area is 128 Å². The van der Waals surface area contributed by atoms with E-state index >= 15 is 0 Å². The van der Waals surface area contributed by atoms with Gasteiger partial charge in [0.15, 0.2) is 0 Å². The molecule has 1 heterocycles. The fourth-order valence-electron chi connectivity index (χ4n) is 2.72. The second-order valence-electron chi connectivity index (χ2n) is 5.79. The molecule has 0 bridgehead atoms. The zero-order valence-electron chi connectivity index (χ0n) is 12.4. The Kier molecular flexibility index (Phi) is 4.13. The van der Waals surface area contributed by atoms with E-state index in [9.17, 15) is 14.9 Å². The van der Waals surface area contributed by atoms with E-state index in [1.54, 1.807) is 6.07 Å². The van der Waals surface area contributed by atoms with Crippen LogP contribution in [0.3, 0.4) is 0 Å². The lowest BCUT2D eigenvalue weighted by Gasteiger charge is -2.11. The molecule has 22 heavy (non-hydrogen) atoms. The molecule has 1 aliphatic carbocycles. The molecule has 3 N–H and O–H groups in total. The van der Waals surface area contributed by atoms with Gasteiger partial charge in [0.25, 0.3) is 5.69 Å². The number of anilines is 2. The molecule has 0 saturated heterocycles. The van der Waals surface area contributed by atoms with Gasteiger partial charge in [0.2, 0.25) is 5.91 Å². The van der Waals surface area contributed by atoms with Crippen molar-refractivity contribution in [3.63, 3.8) is 0 Å². The first-order chi connectivity index (χ1) is 10.6. The minimum atomic E-state index is -0.360. The molecule has 3 rings (SSSR count). The highest BCUT2D eigenvalue weighted by Crippen LogP contribution is 2.36. The summed E-state index contributed by atoms with van der Waals surface area (Å²) in [6.45, 7) is 1.35. The number of nitrogens with zero attached hydrogens (tertiary/aromatic N) is 1. The number of hydrogen-bond donors (Lipinski definition) is 3.